The third kappa shape index (κ3) is 9.78. The predicted octanol–water partition coefficient (Wildman–Crippen LogP) is 5.09. The molecule has 0 saturated heterocycles. The number of nitrogen functional groups attached to an aromatic ring is 1. The first-order valence-corrected chi connectivity index (χ1v) is 15.3. The van der Waals surface area contributed by atoms with Gasteiger partial charge in [0, 0.05) is 6.54 Å². The van der Waals surface area contributed by atoms with Crippen LogP contribution < -0.4 is 10.5 Å². The number of carbonyl (C=O) groups is 2. The number of rotatable bonds is 14. The zero-order valence-electron chi connectivity index (χ0n) is 25.0. The Balaban J connectivity index is 1.56. The zero-order valence-corrected chi connectivity index (χ0v) is 25.9. The number of aryl methyl sites for hydroxylation is 1. The van der Waals surface area contributed by atoms with Gasteiger partial charge in [0.2, 0.25) is 13.6 Å². The lowest BCUT2D eigenvalue weighted by molar-refractivity contribution is -0.162. The first-order valence-electron chi connectivity index (χ1n) is 13.5. The Kier molecular flexibility index (Phi) is 11.1. The van der Waals surface area contributed by atoms with E-state index in [4.69, 9.17) is 29.0 Å². The molecule has 14 heteroatoms. The number of imidazole rings is 1. The first kappa shape index (κ1) is 33.0. The molecule has 230 valence electrons. The molecule has 3 rings (SSSR count). The van der Waals surface area contributed by atoms with Crippen LogP contribution in [0, 0.1) is 10.8 Å². The van der Waals surface area contributed by atoms with Crippen molar-refractivity contribution in [3.05, 3.63) is 42.5 Å². The summed E-state index contributed by atoms with van der Waals surface area (Å²) in [5.41, 5.74) is 6.18. The summed E-state index contributed by atoms with van der Waals surface area (Å²) in [6.45, 7) is 10.1. The molecule has 3 aromatic rings. The summed E-state index contributed by atoms with van der Waals surface area (Å²) < 4.78 is 42.5. The van der Waals surface area contributed by atoms with Gasteiger partial charge in [0.15, 0.2) is 11.5 Å². The Morgan fingerprint density at radius 3 is 2.19 bits per heavy atom. The van der Waals surface area contributed by atoms with Crippen LogP contribution in [0.1, 0.15) is 59.9 Å². The van der Waals surface area contributed by atoms with Crippen molar-refractivity contribution in [1.29, 1.82) is 0 Å². The number of nitrogens with two attached hydrogens (primary N) is 1. The quantitative estimate of drug-likeness (QED) is 0.112. The molecule has 42 heavy (non-hydrogen) atoms. The molecule has 0 aliphatic carbocycles. The normalized spacial score (nSPS) is 12.3. The van der Waals surface area contributed by atoms with E-state index in [1.54, 1.807) is 72.1 Å². The van der Waals surface area contributed by atoms with Crippen molar-refractivity contribution in [2.45, 2.75) is 67.1 Å². The minimum atomic E-state index is -3.90. The zero-order chi connectivity index (χ0) is 31.0. The first-order chi connectivity index (χ1) is 19.7. The molecular weight excluding hydrogens is 565 g/mol. The number of esters is 2. The molecule has 0 aliphatic heterocycles. The predicted molar refractivity (Wildman–Crippen MR) is 155 cm³/mol. The number of benzene rings is 1. The lowest BCUT2D eigenvalue weighted by Crippen LogP contribution is -2.24. The summed E-state index contributed by atoms with van der Waals surface area (Å²) in [5, 5.41) is 0. The van der Waals surface area contributed by atoms with Crippen LogP contribution in [0.3, 0.4) is 0 Å². The van der Waals surface area contributed by atoms with Crippen LogP contribution in [0.25, 0.3) is 11.2 Å². The maximum absolute atomic E-state index is 13.6. The fourth-order valence-corrected chi connectivity index (χ4v) is 4.80. The molecule has 0 saturated carbocycles. The third-order valence-electron chi connectivity index (χ3n) is 5.87. The summed E-state index contributed by atoms with van der Waals surface area (Å²) in [5.74, 6) is -0.130. The van der Waals surface area contributed by atoms with Gasteiger partial charge in [0.05, 0.1) is 29.9 Å². The highest BCUT2D eigenvalue weighted by Gasteiger charge is 2.30. The lowest BCUT2D eigenvalue weighted by Gasteiger charge is -2.22. The third-order valence-corrected chi connectivity index (χ3v) is 7.62. The molecule has 0 fully saturated rings. The Bertz CT molecular complexity index is 1380. The minimum Gasteiger partial charge on any atom is -0.494 e. The Hall–Kier alpha value is -3.54. The molecule has 0 amide bonds. The number of unbranched alkanes of at least 4 members (excludes halogenated alkanes) is 1. The molecule has 0 aliphatic rings. The van der Waals surface area contributed by atoms with Crippen molar-refractivity contribution in [3.63, 3.8) is 0 Å². The van der Waals surface area contributed by atoms with Gasteiger partial charge in [0.1, 0.15) is 17.6 Å². The van der Waals surface area contributed by atoms with Crippen molar-refractivity contribution in [2.75, 3.05) is 25.9 Å². The number of hydrogen-bond acceptors (Lipinski definition) is 12. The highest BCUT2D eigenvalue weighted by molar-refractivity contribution is 7.53. The standard InChI is InChI=1S/C28H40N5O8P/c1-27(2,3)25(34)38-18-40-42(36,41-19-39-26(35)28(4,5)6)15-20-10-9-11-21(14-20)37-13-8-7-12-33-17-32-22-23(29)30-16-31-24(22)33/h9-11,14,16-17H,7-8,12-13,15,18-19H2,1-6H3,(H2,29,30,31). The van der Waals surface area contributed by atoms with Gasteiger partial charge in [-0.15, -0.1) is 0 Å². The van der Waals surface area contributed by atoms with E-state index in [0.29, 0.717) is 41.4 Å². The number of ether oxygens (including phenoxy) is 3. The largest absolute Gasteiger partial charge is 0.494 e. The number of carbonyl (C=O) groups excluding carboxylic acids is 2. The molecule has 0 bridgehead atoms. The summed E-state index contributed by atoms with van der Waals surface area (Å²) in [6, 6.07) is 7.02. The number of fused-ring (bicyclic) bond motifs is 1. The van der Waals surface area contributed by atoms with Crippen molar-refractivity contribution in [1.82, 2.24) is 19.5 Å². The molecule has 2 N–H and O–H groups in total. The summed E-state index contributed by atoms with van der Waals surface area (Å²) in [6.07, 6.45) is 4.51. The van der Waals surface area contributed by atoms with Gasteiger partial charge in [-0.3, -0.25) is 23.2 Å². The van der Waals surface area contributed by atoms with Gasteiger partial charge < -0.3 is 24.5 Å². The highest BCUT2D eigenvalue weighted by atomic mass is 31.2. The SMILES string of the molecule is CC(C)(C)C(=O)OCOP(=O)(Cc1cccc(OCCCCn2cnc3c(N)ncnc32)c1)OCOC(=O)C(C)(C)C. The topological polar surface area (TPSA) is 167 Å². The van der Waals surface area contributed by atoms with Crippen LogP contribution in [0.15, 0.2) is 36.9 Å². The van der Waals surface area contributed by atoms with Gasteiger partial charge in [-0.2, -0.15) is 0 Å². The van der Waals surface area contributed by atoms with Crippen molar-refractivity contribution >= 4 is 36.5 Å². The van der Waals surface area contributed by atoms with E-state index >= 15 is 0 Å². The second kappa shape index (κ2) is 14.1. The van der Waals surface area contributed by atoms with E-state index in [9.17, 15) is 14.2 Å². The van der Waals surface area contributed by atoms with Crippen LogP contribution in [-0.2, 0) is 45.4 Å². The van der Waals surface area contributed by atoms with Crippen LogP contribution in [0.5, 0.6) is 5.75 Å². The van der Waals surface area contributed by atoms with Crippen molar-refractivity contribution in [3.8, 4) is 5.75 Å². The van der Waals surface area contributed by atoms with Gasteiger partial charge >= 0.3 is 19.5 Å². The van der Waals surface area contributed by atoms with E-state index in [1.165, 1.54) is 6.33 Å². The minimum absolute atomic E-state index is 0.164. The lowest BCUT2D eigenvalue weighted by atomic mass is 9.98. The number of anilines is 1. The monoisotopic (exact) mass is 605 g/mol. The second-order valence-electron chi connectivity index (χ2n) is 11.7. The molecule has 2 aromatic heterocycles. The number of hydrogen-bond donors (Lipinski definition) is 1. The molecule has 0 spiro atoms. The summed E-state index contributed by atoms with van der Waals surface area (Å²) >= 11 is 0. The van der Waals surface area contributed by atoms with Crippen molar-refractivity contribution in [2.24, 2.45) is 10.8 Å². The molecule has 13 nitrogen and oxygen atoms in total. The van der Waals surface area contributed by atoms with E-state index in [0.717, 1.165) is 12.8 Å². The number of nitrogens with zero attached hydrogens (tertiary/aromatic N) is 4. The van der Waals surface area contributed by atoms with Crippen LogP contribution in [-0.4, -0.2) is 51.7 Å². The highest BCUT2D eigenvalue weighted by Crippen LogP contribution is 2.51. The van der Waals surface area contributed by atoms with Crippen LogP contribution in [0.2, 0.25) is 0 Å². The molecule has 1 aromatic carbocycles. The van der Waals surface area contributed by atoms with E-state index < -0.39 is 44.0 Å². The summed E-state index contributed by atoms with van der Waals surface area (Å²) in [4.78, 5) is 36.7. The van der Waals surface area contributed by atoms with E-state index in [-0.39, 0.29) is 6.16 Å². The fraction of sp³-hybridized carbons (Fsp3) is 0.536. The van der Waals surface area contributed by atoms with E-state index in [2.05, 4.69) is 15.0 Å². The average Bonchev–Trinajstić information content (AvgIpc) is 3.32. The molecule has 0 atom stereocenters. The summed E-state index contributed by atoms with van der Waals surface area (Å²) in [7, 11) is -3.90. The van der Waals surface area contributed by atoms with E-state index in [1.807, 2.05) is 4.57 Å². The van der Waals surface area contributed by atoms with Gasteiger partial charge in [0.25, 0.3) is 0 Å². The smallest absolute Gasteiger partial charge is 0.340 e. The molecule has 0 unspecified atom stereocenters. The maximum Gasteiger partial charge on any atom is 0.340 e. The fourth-order valence-electron chi connectivity index (χ4n) is 3.48. The second-order valence-corrected chi connectivity index (χ2v) is 13.8. The Morgan fingerprint density at radius 2 is 1.57 bits per heavy atom. The Morgan fingerprint density at radius 1 is 0.929 bits per heavy atom. The molecule has 2 heterocycles. The average molecular weight is 606 g/mol. The van der Waals surface area contributed by atoms with Gasteiger partial charge in [-0.05, 0) is 72.1 Å². The number of aromatic nitrogens is 4. The Labute approximate surface area is 245 Å². The van der Waals surface area contributed by atoms with Crippen molar-refractivity contribution < 1.29 is 37.4 Å². The van der Waals surface area contributed by atoms with Crippen LogP contribution in [0.4, 0.5) is 5.82 Å². The van der Waals surface area contributed by atoms with Crippen LogP contribution >= 0.6 is 7.60 Å². The van der Waals surface area contributed by atoms with Gasteiger partial charge in [-0.1, -0.05) is 12.1 Å². The molecule has 0 radical (unpaired) electrons. The van der Waals surface area contributed by atoms with Gasteiger partial charge in [-0.25, -0.2) is 15.0 Å². The molecular formula is C28H40N5O8P. The maximum atomic E-state index is 13.6.